The molecule has 0 aliphatic carbocycles. The summed E-state index contributed by atoms with van der Waals surface area (Å²) < 4.78 is 27.6. The van der Waals surface area contributed by atoms with Gasteiger partial charge in [0.2, 0.25) is 15.9 Å². The molecule has 0 radical (unpaired) electrons. The molecule has 2 aliphatic heterocycles. The van der Waals surface area contributed by atoms with Gasteiger partial charge in [0.05, 0.1) is 23.1 Å². The molecule has 1 aromatic rings. The van der Waals surface area contributed by atoms with Crippen molar-refractivity contribution in [2.75, 3.05) is 32.7 Å². The van der Waals surface area contributed by atoms with Gasteiger partial charge in [-0.25, -0.2) is 8.42 Å². The molecule has 134 valence electrons. The van der Waals surface area contributed by atoms with Crippen molar-refractivity contribution in [1.82, 2.24) is 14.5 Å². The summed E-state index contributed by atoms with van der Waals surface area (Å²) in [5, 5.41) is 12.0. The summed E-state index contributed by atoms with van der Waals surface area (Å²) >= 11 is 0. The van der Waals surface area contributed by atoms with E-state index in [-0.39, 0.29) is 16.8 Å². The number of carbonyl (C=O) groups is 1. The molecule has 1 amide bonds. The number of carbonyl (C=O) groups excluding carboxylic acids is 1. The third-order valence-corrected chi connectivity index (χ3v) is 6.87. The van der Waals surface area contributed by atoms with Gasteiger partial charge in [-0.3, -0.25) is 4.79 Å². The van der Waals surface area contributed by atoms with E-state index in [4.69, 9.17) is 5.26 Å². The molecule has 2 aliphatic rings. The number of benzene rings is 1. The summed E-state index contributed by atoms with van der Waals surface area (Å²) in [6, 6.07) is 6.57. The van der Waals surface area contributed by atoms with Crippen molar-refractivity contribution in [1.29, 1.82) is 5.26 Å². The molecule has 2 fully saturated rings. The molecule has 25 heavy (non-hydrogen) atoms. The van der Waals surface area contributed by atoms with Crippen LogP contribution in [0.5, 0.6) is 0 Å². The first-order valence-corrected chi connectivity index (χ1v) is 9.88. The van der Waals surface area contributed by atoms with Crippen molar-refractivity contribution in [3.8, 4) is 6.07 Å². The van der Waals surface area contributed by atoms with Gasteiger partial charge >= 0.3 is 0 Å². The van der Waals surface area contributed by atoms with Gasteiger partial charge in [-0.15, -0.1) is 0 Å². The van der Waals surface area contributed by atoms with Gasteiger partial charge in [0, 0.05) is 32.2 Å². The van der Waals surface area contributed by atoms with Crippen LogP contribution in [0.1, 0.15) is 24.0 Å². The number of rotatable bonds is 3. The van der Waals surface area contributed by atoms with Crippen LogP contribution in [0.3, 0.4) is 0 Å². The number of piperidine rings is 1. The molecule has 1 atom stereocenters. The van der Waals surface area contributed by atoms with Gasteiger partial charge in [0.1, 0.15) is 0 Å². The smallest absolute Gasteiger partial charge is 0.243 e. The molecule has 2 saturated heterocycles. The van der Waals surface area contributed by atoms with E-state index in [0.29, 0.717) is 37.3 Å². The van der Waals surface area contributed by atoms with Crippen LogP contribution in [0.4, 0.5) is 0 Å². The topological polar surface area (TPSA) is 93.5 Å². The highest BCUT2D eigenvalue weighted by Gasteiger charge is 2.35. The minimum absolute atomic E-state index is 0.0325. The van der Waals surface area contributed by atoms with Gasteiger partial charge in [-0.05, 0) is 43.5 Å². The zero-order valence-electron chi connectivity index (χ0n) is 14.2. The molecule has 3 rings (SSSR count). The Balaban J connectivity index is 1.82. The lowest BCUT2D eigenvalue weighted by Crippen LogP contribution is -2.57. The summed E-state index contributed by atoms with van der Waals surface area (Å²) in [5.41, 5.74) is 1.01. The normalized spacial score (nSPS) is 22.6. The predicted molar refractivity (Wildman–Crippen MR) is 92.3 cm³/mol. The lowest BCUT2D eigenvalue weighted by Gasteiger charge is -2.40. The van der Waals surface area contributed by atoms with Crippen molar-refractivity contribution in [2.24, 2.45) is 0 Å². The molecular formula is C17H22N4O3S. The quantitative estimate of drug-likeness (QED) is 0.843. The molecular weight excluding hydrogens is 340 g/mol. The van der Waals surface area contributed by atoms with E-state index in [2.05, 4.69) is 5.32 Å². The molecule has 8 heteroatoms. The number of nitriles is 1. The van der Waals surface area contributed by atoms with Crippen LogP contribution in [0.2, 0.25) is 0 Å². The maximum absolute atomic E-state index is 13.0. The Morgan fingerprint density at radius 1 is 1.32 bits per heavy atom. The van der Waals surface area contributed by atoms with Gasteiger partial charge in [0.25, 0.3) is 0 Å². The van der Waals surface area contributed by atoms with Crippen LogP contribution in [0.15, 0.2) is 23.1 Å². The summed E-state index contributed by atoms with van der Waals surface area (Å²) in [5.74, 6) is 0.0325. The van der Waals surface area contributed by atoms with Gasteiger partial charge in [-0.2, -0.15) is 9.57 Å². The highest BCUT2D eigenvalue weighted by Crippen LogP contribution is 2.26. The van der Waals surface area contributed by atoms with Crippen LogP contribution in [-0.2, 0) is 14.8 Å². The fourth-order valence-corrected chi connectivity index (χ4v) is 5.27. The second kappa shape index (κ2) is 7.12. The van der Waals surface area contributed by atoms with Crippen molar-refractivity contribution >= 4 is 15.9 Å². The fraction of sp³-hybridized carbons (Fsp3) is 0.529. The van der Waals surface area contributed by atoms with Crippen molar-refractivity contribution in [2.45, 2.75) is 30.7 Å². The molecule has 0 aromatic heterocycles. The van der Waals surface area contributed by atoms with Gasteiger partial charge in [0.15, 0.2) is 0 Å². The first-order valence-electron chi connectivity index (χ1n) is 8.44. The standard InChI is InChI=1S/C17H22N4O3S/c1-13-9-14(10-18)4-5-16(13)25(23,24)20-7-2-3-15(12-20)21-8-6-19-11-17(21)22/h4-5,9,15,19H,2-3,6-8,11-12H2,1H3. The number of aryl methyl sites for hydroxylation is 1. The minimum Gasteiger partial charge on any atom is -0.336 e. The lowest BCUT2D eigenvalue weighted by atomic mass is 10.1. The monoisotopic (exact) mass is 362 g/mol. The zero-order valence-corrected chi connectivity index (χ0v) is 15.1. The highest BCUT2D eigenvalue weighted by atomic mass is 32.2. The summed E-state index contributed by atoms with van der Waals surface area (Å²) in [4.78, 5) is 14.2. The Morgan fingerprint density at radius 2 is 2.12 bits per heavy atom. The van der Waals surface area contributed by atoms with Crippen LogP contribution in [-0.4, -0.2) is 62.3 Å². The first kappa shape index (κ1) is 17.9. The van der Waals surface area contributed by atoms with Crippen molar-refractivity contribution in [3.63, 3.8) is 0 Å². The SMILES string of the molecule is Cc1cc(C#N)ccc1S(=O)(=O)N1CCCC(N2CCNCC2=O)C1. The van der Waals surface area contributed by atoms with E-state index in [9.17, 15) is 13.2 Å². The number of hydrogen-bond donors (Lipinski definition) is 1. The molecule has 1 aromatic carbocycles. The number of piperazine rings is 1. The molecule has 0 bridgehead atoms. The largest absolute Gasteiger partial charge is 0.336 e. The third kappa shape index (κ3) is 3.54. The summed E-state index contributed by atoms with van der Waals surface area (Å²) in [6.07, 6.45) is 1.56. The molecule has 0 spiro atoms. The summed E-state index contributed by atoms with van der Waals surface area (Å²) in [7, 11) is -3.64. The second-order valence-corrected chi connectivity index (χ2v) is 8.42. The number of hydrogen-bond acceptors (Lipinski definition) is 5. The molecule has 7 nitrogen and oxygen atoms in total. The average molecular weight is 362 g/mol. The van der Waals surface area contributed by atoms with Gasteiger partial charge < -0.3 is 10.2 Å². The van der Waals surface area contributed by atoms with Gasteiger partial charge in [-0.1, -0.05) is 0 Å². The van der Waals surface area contributed by atoms with Crippen LogP contribution < -0.4 is 5.32 Å². The van der Waals surface area contributed by atoms with Crippen LogP contribution >= 0.6 is 0 Å². The van der Waals surface area contributed by atoms with E-state index in [1.54, 1.807) is 13.0 Å². The second-order valence-electron chi connectivity index (χ2n) is 6.52. The maximum atomic E-state index is 13.0. The fourth-order valence-electron chi connectivity index (χ4n) is 3.55. The van der Waals surface area contributed by atoms with E-state index in [1.807, 2.05) is 11.0 Å². The Hall–Kier alpha value is -1.95. The predicted octanol–water partition coefficient (Wildman–Crippen LogP) is 0.452. The number of nitrogens with zero attached hydrogens (tertiary/aromatic N) is 3. The molecule has 1 N–H and O–H groups in total. The molecule has 1 unspecified atom stereocenters. The number of nitrogens with one attached hydrogen (secondary N) is 1. The Labute approximate surface area is 148 Å². The van der Waals surface area contributed by atoms with E-state index in [1.165, 1.54) is 16.4 Å². The Morgan fingerprint density at radius 3 is 2.80 bits per heavy atom. The van der Waals surface area contributed by atoms with Crippen LogP contribution in [0, 0.1) is 18.3 Å². The maximum Gasteiger partial charge on any atom is 0.243 e. The molecule has 2 heterocycles. The van der Waals surface area contributed by atoms with E-state index >= 15 is 0 Å². The zero-order chi connectivity index (χ0) is 18.0. The van der Waals surface area contributed by atoms with Crippen molar-refractivity contribution < 1.29 is 13.2 Å². The molecule has 0 saturated carbocycles. The van der Waals surface area contributed by atoms with Crippen molar-refractivity contribution in [3.05, 3.63) is 29.3 Å². The summed E-state index contributed by atoms with van der Waals surface area (Å²) in [6.45, 7) is 4.16. The van der Waals surface area contributed by atoms with E-state index < -0.39 is 10.0 Å². The first-order chi connectivity index (χ1) is 11.9. The third-order valence-electron chi connectivity index (χ3n) is 4.85. The Bertz CT molecular complexity index is 816. The minimum atomic E-state index is -3.64. The highest BCUT2D eigenvalue weighted by molar-refractivity contribution is 7.89. The van der Waals surface area contributed by atoms with Crippen LogP contribution in [0.25, 0.3) is 0 Å². The lowest BCUT2D eigenvalue weighted by molar-refractivity contribution is -0.135. The average Bonchev–Trinajstić information content (AvgIpc) is 2.62. The van der Waals surface area contributed by atoms with E-state index in [0.717, 1.165) is 19.4 Å². The Kier molecular flexibility index (Phi) is 5.08. The number of amides is 1. The number of sulfonamides is 1.